The van der Waals surface area contributed by atoms with E-state index in [2.05, 4.69) is 34.8 Å². The maximum absolute atomic E-state index is 13.1. The van der Waals surface area contributed by atoms with Crippen LogP contribution in [0, 0.1) is 5.92 Å². The Labute approximate surface area is 181 Å². The maximum atomic E-state index is 13.1. The van der Waals surface area contributed by atoms with Crippen LogP contribution in [-0.2, 0) is 15.0 Å². The summed E-state index contributed by atoms with van der Waals surface area (Å²) in [5, 5.41) is 13.4. The molecule has 1 atom stereocenters. The fourth-order valence-corrected chi connectivity index (χ4v) is 4.18. The van der Waals surface area contributed by atoms with Gasteiger partial charge in [0.05, 0.1) is 18.1 Å². The number of aliphatic carboxylic acids is 1. The molecule has 0 unspecified atom stereocenters. The molecule has 2 N–H and O–H groups in total. The highest BCUT2D eigenvalue weighted by Crippen LogP contribution is 2.58. The Morgan fingerprint density at radius 1 is 0.839 bits per heavy atom. The van der Waals surface area contributed by atoms with E-state index in [0.717, 1.165) is 16.7 Å². The molecule has 3 aromatic carbocycles. The average Bonchev–Trinajstić information content (AvgIpc) is 3.58. The summed E-state index contributed by atoms with van der Waals surface area (Å²) in [4.78, 5) is 24.2. The zero-order valence-electron chi connectivity index (χ0n) is 17.1. The number of nitrogens with one attached hydrogen (secondary N) is 1. The number of carboxylic acid groups (broad SMARTS) is 1. The van der Waals surface area contributed by atoms with Crippen LogP contribution in [0.25, 0.3) is 0 Å². The Hall–Kier alpha value is -3.73. The first-order chi connectivity index (χ1) is 15.1. The Morgan fingerprint density at radius 3 is 1.87 bits per heavy atom. The molecular formula is C26H24N2O3. The summed E-state index contributed by atoms with van der Waals surface area (Å²) in [5.74, 6) is -1.29. The van der Waals surface area contributed by atoms with Crippen molar-refractivity contribution >= 4 is 17.6 Å². The van der Waals surface area contributed by atoms with E-state index in [1.165, 1.54) is 0 Å². The monoisotopic (exact) mass is 412 g/mol. The van der Waals surface area contributed by atoms with Gasteiger partial charge in [-0.1, -0.05) is 91.0 Å². The average molecular weight is 412 g/mol. The van der Waals surface area contributed by atoms with Crippen LogP contribution in [0.15, 0.2) is 96.1 Å². The standard InChI is InChI=1S/C26H24N2O3/c29-24(30)17-16-23(19-10-4-1-5-11-19)27-28-25(31)22-18-26(22,20-12-6-2-7-13-20)21-14-8-3-9-15-21/h1-15,22H,16-18H2,(H,28,31)(H,29,30)/b27-23-/t22-/m1/s1. The Morgan fingerprint density at radius 2 is 1.35 bits per heavy atom. The van der Waals surface area contributed by atoms with Crippen LogP contribution in [0.3, 0.4) is 0 Å². The molecule has 1 fully saturated rings. The van der Waals surface area contributed by atoms with Crippen LogP contribution in [0.5, 0.6) is 0 Å². The van der Waals surface area contributed by atoms with E-state index in [9.17, 15) is 9.59 Å². The Kier molecular flexibility index (Phi) is 5.94. The van der Waals surface area contributed by atoms with Crippen LogP contribution in [-0.4, -0.2) is 22.7 Å². The van der Waals surface area contributed by atoms with E-state index >= 15 is 0 Å². The first-order valence-electron chi connectivity index (χ1n) is 10.4. The molecule has 1 aliphatic rings. The molecule has 31 heavy (non-hydrogen) atoms. The molecular weight excluding hydrogens is 388 g/mol. The van der Waals surface area contributed by atoms with Crippen molar-refractivity contribution in [3.63, 3.8) is 0 Å². The molecule has 5 heteroatoms. The highest BCUT2D eigenvalue weighted by molar-refractivity contribution is 6.02. The highest BCUT2D eigenvalue weighted by Gasteiger charge is 2.60. The quantitative estimate of drug-likeness (QED) is 0.426. The highest BCUT2D eigenvalue weighted by atomic mass is 16.4. The maximum Gasteiger partial charge on any atom is 0.303 e. The summed E-state index contributed by atoms with van der Waals surface area (Å²) in [6.45, 7) is 0. The second kappa shape index (κ2) is 8.96. The number of carbonyl (C=O) groups excluding carboxylic acids is 1. The largest absolute Gasteiger partial charge is 0.481 e. The van der Waals surface area contributed by atoms with Crippen LogP contribution < -0.4 is 5.43 Å². The Balaban J connectivity index is 1.58. The number of nitrogens with zero attached hydrogens (tertiary/aromatic N) is 1. The van der Waals surface area contributed by atoms with Crippen molar-refractivity contribution < 1.29 is 14.7 Å². The van der Waals surface area contributed by atoms with Crippen molar-refractivity contribution in [2.75, 3.05) is 0 Å². The number of hydrogen-bond acceptors (Lipinski definition) is 3. The summed E-state index contributed by atoms with van der Waals surface area (Å²) in [6.07, 6.45) is 0.899. The summed E-state index contributed by atoms with van der Waals surface area (Å²) in [5.41, 5.74) is 5.93. The lowest BCUT2D eigenvalue weighted by Gasteiger charge is -2.18. The molecule has 1 saturated carbocycles. The smallest absolute Gasteiger partial charge is 0.303 e. The molecule has 0 saturated heterocycles. The third-order valence-corrected chi connectivity index (χ3v) is 5.84. The molecule has 0 spiro atoms. The second-order valence-electron chi connectivity index (χ2n) is 7.75. The fourth-order valence-electron chi connectivity index (χ4n) is 4.18. The molecule has 1 amide bonds. The van der Waals surface area contributed by atoms with Gasteiger partial charge in [-0.2, -0.15) is 5.10 Å². The molecule has 0 heterocycles. The number of carbonyl (C=O) groups is 2. The molecule has 0 aliphatic heterocycles. The molecule has 156 valence electrons. The van der Waals surface area contributed by atoms with Gasteiger partial charge in [-0.05, 0) is 23.1 Å². The normalized spacial score (nSPS) is 17.0. The van der Waals surface area contributed by atoms with Gasteiger partial charge in [-0.3, -0.25) is 9.59 Å². The zero-order valence-corrected chi connectivity index (χ0v) is 17.1. The van der Waals surface area contributed by atoms with Crippen molar-refractivity contribution in [3.8, 4) is 0 Å². The lowest BCUT2D eigenvalue weighted by Crippen LogP contribution is -2.26. The SMILES string of the molecule is O=C(O)CC/C(=N/NC(=O)[C@H]1CC1(c1ccccc1)c1ccccc1)c1ccccc1. The van der Waals surface area contributed by atoms with Gasteiger partial charge in [0.15, 0.2) is 0 Å². The summed E-state index contributed by atoms with van der Waals surface area (Å²) < 4.78 is 0. The van der Waals surface area contributed by atoms with Gasteiger partial charge in [-0.25, -0.2) is 5.43 Å². The molecule has 0 aromatic heterocycles. The van der Waals surface area contributed by atoms with E-state index in [4.69, 9.17) is 5.11 Å². The van der Waals surface area contributed by atoms with Crippen molar-refractivity contribution in [1.29, 1.82) is 0 Å². The van der Waals surface area contributed by atoms with E-state index in [-0.39, 0.29) is 30.1 Å². The van der Waals surface area contributed by atoms with Crippen molar-refractivity contribution in [2.45, 2.75) is 24.7 Å². The van der Waals surface area contributed by atoms with Gasteiger partial charge >= 0.3 is 5.97 Å². The van der Waals surface area contributed by atoms with Crippen molar-refractivity contribution in [2.24, 2.45) is 11.0 Å². The second-order valence-corrected chi connectivity index (χ2v) is 7.75. The van der Waals surface area contributed by atoms with E-state index in [1.54, 1.807) is 0 Å². The minimum Gasteiger partial charge on any atom is -0.481 e. The zero-order chi connectivity index (χ0) is 21.7. The van der Waals surface area contributed by atoms with Gasteiger partial charge in [0.25, 0.3) is 0 Å². The first-order valence-corrected chi connectivity index (χ1v) is 10.4. The number of hydrogen-bond donors (Lipinski definition) is 2. The third-order valence-electron chi connectivity index (χ3n) is 5.84. The molecule has 3 aromatic rings. The van der Waals surface area contributed by atoms with Crippen LogP contribution in [0.4, 0.5) is 0 Å². The summed E-state index contributed by atoms with van der Waals surface area (Å²) in [7, 11) is 0. The van der Waals surface area contributed by atoms with Gasteiger partial charge in [0, 0.05) is 11.8 Å². The third kappa shape index (κ3) is 4.40. The Bertz CT molecular complexity index is 1040. The lowest BCUT2D eigenvalue weighted by atomic mass is 9.85. The van der Waals surface area contributed by atoms with Crippen LogP contribution in [0.1, 0.15) is 36.0 Å². The molecule has 1 aliphatic carbocycles. The fraction of sp³-hybridized carbons (Fsp3) is 0.192. The first kappa shape index (κ1) is 20.5. The number of rotatable bonds is 8. The van der Waals surface area contributed by atoms with Gasteiger partial charge in [-0.15, -0.1) is 0 Å². The summed E-state index contributed by atoms with van der Waals surface area (Å²) in [6, 6.07) is 29.5. The van der Waals surface area contributed by atoms with E-state index in [1.807, 2.05) is 66.7 Å². The molecule has 5 nitrogen and oxygen atoms in total. The van der Waals surface area contributed by atoms with Crippen molar-refractivity contribution in [1.82, 2.24) is 5.43 Å². The predicted octanol–water partition coefficient (Wildman–Crippen LogP) is 4.38. The van der Waals surface area contributed by atoms with Gasteiger partial charge in [0.1, 0.15) is 0 Å². The minimum atomic E-state index is -0.899. The number of carboxylic acids is 1. The molecule has 0 bridgehead atoms. The lowest BCUT2D eigenvalue weighted by molar-refractivity contribution is -0.136. The number of hydrazone groups is 1. The summed E-state index contributed by atoms with van der Waals surface area (Å²) >= 11 is 0. The predicted molar refractivity (Wildman–Crippen MR) is 120 cm³/mol. The van der Waals surface area contributed by atoms with E-state index in [0.29, 0.717) is 12.1 Å². The minimum absolute atomic E-state index is 0.0506. The van der Waals surface area contributed by atoms with Crippen molar-refractivity contribution in [3.05, 3.63) is 108 Å². The number of amides is 1. The van der Waals surface area contributed by atoms with Crippen LogP contribution in [0.2, 0.25) is 0 Å². The van der Waals surface area contributed by atoms with Gasteiger partial charge in [0.2, 0.25) is 5.91 Å². The van der Waals surface area contributed by atoms with Gasteiger partial charge < -0.3 is 5.11 Å². The van der Waals surface area contributed by atoms with E-state index < -0.39 is 5.97 Å². The molecule has 4 rings (SSSR count). The topological polar surface area (TPSA) is 78.8 Å². The van der Waals surface area contributed by atoms with Crippen LogP contribution >= 0.6 is 0 Å². The molecule has 0 radical (unpaired) electrons. The number of benzene rings is 3.